The fourth-order valence-electron chi connectivity index (χ4n) is 1.47. The highest BCUT2D eigenvalue weighted by molar-refractivity contribution is 6.18. The van der Waals surface area contributed by atoms with Gasteiger partial charge >= 0.3 is 0 Å². The summed E-state index contributed by atoms with van der Waals surface area (Å²) in [5.74, 6) is 1.65. The van der Waals surface area contributed by atoms with E-state index < -0.39 is 0 Å². The maximum Gasteiger partial charge on any atom is 0.0376 e. The Morgan fingerprint density at radius 2 is 2.40 bits per heavy atom. The Morgan fingerprint density at radius 3 is 2.80 bits per heavy atom. The topological polar surface area (TPSA) is 3.24 Å². The van der Waals surface area contributed by atoms with Crippen molar-refractivity contribution in [2.45, 2.75) is 26.3 Å². The van der Waals surface area contributed by atoms with Crippen LogP contribution in [0.5, 0.6) is 0 Å². The molecule has 10 heavy (non-hydrogen) atoms. The van der Waals surface area contributed by atoms with Crippen LogP contribution in [0.25, 0.3) is 0 Å². The third-order valence-corrected chi connectivity index (χ3v) is 2.75. The van der Waals surface area contributed by atoms with Crippen molar-refractivity contribution >= 4 is 11.6 Å². The molecule has 0 aromatic carbocycles. The minimum Gasteiger partial charge on any atom is -0.299 e. The number of alkyl halides is 1. The average molecular weight is 162 g/mol. The lowest BCUT2D eigenvalue weighted by Crippen LogP contribution is -2.31. The number of hydrogen-bond donors (Lipinski definition) is 0. The van der Waals surface area contributed by atoms with Crippen molar-refractivity contribution in [2.24, 2.45) is 5.92 Å². The molecule has 1 saturated heterocycles. The number of halogens is 1. The summed E-state index contributed by atoms with van der Waals surface area (Å²) < 4.78 is 0. The summed E-state index contributed by atoms with van der Waals surface area (Å²) in [5.41, 5.74) is 0. The van der Waals surface area contributed by atoms with Gasteiger partial charge in [0.05, 0.1) is 0 Å². The monoisotopic (exact) mass is 161 g/mol. The SMILES string of the molecule is C[C@@H]1CCN([C@H](C)CCl)C1. The lowest BCUT2D eigenvalue weighted by atomic mass is 10.2. The van der Waals surface area contributed by atoms with E-state index in [0.29, 0.717) is 6.04 Å². The van der Waals surface area contributed by atoms with E-state index in [9.17, 15) is 0 Å². The second kappa shape index (κ2) is 3.59. The van der Waals surface area contributed by atoms with Gasteiger partial charge in [0.25, 0.3) is 0 Å². The zero-order chi connectivity index (χ0) is 7.56. The lowest BCUT2D eigenvalue weighted by Gasteiger charge is -2.21. The maximum atomic E-state index is 5.74. The van der Waals surface area contributed by atoms with Crippen molar-refractivity contribution in [1.82, 2.24) is 4.90 Å². The Labute approximate surface area is 68.4 Å². The van der Waals surface area contributed by atoms with Gasteiger partial charge in [-0.2, -0.15) is 0 Å². The summed E-state index contributed by atoms with van der Waals surface area (Å²) in [5, 5.41) is 0. The summed E-state index contributed by atoms with van der Waals surface area (Å²) in [6.07, 6.45) is 1.35. The van der Waals surface area contributed by atoms with Crippen LogP contribution < -0.4 is 0 Å². The van der Waals surface area contributed by atoms with Crippen LogP contribution in [0.15, 0.2) is 0 Å². The fourth-order valence-corrected chi connectivity index (χ4v) is 1.66. The van der Waals surface area contributed by atoms with Crippen LogP contribution in [0, 0.1) is 5.92 Å². The molecule has 0 N–H and O–H groups in total. The molecular formula is C8H16ClN. The molecule has 1 rings (SSSR count). The Bertz CT molecular complexity index is 105. The van der Waals surface area contributed by atoms with Crippen LogP contribution in [0.4, 0.5) is 0 Å². The molecule has 1 aliphatic heterocycles. The lowest BCUT2D eigenvalue weighted by molar-refractivity contribution is 0.270. The molecule has 0 saturated carbocycles. The normalized spacial score (nSPS) is 30.9. The van der Waals surface area contributed by atoms with E-state index in [1.54, 1.807) is 0 Å². The smallest absolute Gasteiger partial charge is 0.0376 e. The molecule has 0 amide bonds. The largest absolute Gasteiger partial charge is 0.299 e. The van der Waals surface area contributed by atoms with Crippen molar-refractivity contribution in [2.75, 3.05) is 19.0 Å². The summed E-state index contributed by atoms with van der Waals surface area (Å²) in [6.45, 7) is 6.99. The van der Waals surface area contributed by atoms with Crippen LogP contribution in [0.3, 0.4) is 0 Å². The van der Waals surface area contributed by atoms with Crippen molar-refractivity contribution in [3.63, 3.8) is 0 Å². The molecule has 0 aromatic heterocycles. The summed E-state index contributed by atoms with van der Waals surface area (Å²) in [4.78, 5) is 2.47. The van der Waals surface area contributed by atoms with Gasteiger partial charge in [-0.05, 0) is 25.8 Å². The van der Waals surface area contributed by atoms with E-state index in [1.807, 2.05) is 0 Å². The third kappa shape index (κ3) is 1.86. The molecule has 1 aliphatic rings. The molecule has 1 nitrogen and oxygen atoms in total. The highest BCUT2D eigenvalue weighted by Crippen LogP contribution is 2.17. The second-order valence-corrected chi connectivity index (χ2v) is 3.70. The van der Waals surface area contributed by atoms with E-state index in [-0.39, 0.29) is 0 Å². The van der Waals surface area contributed by atoms with Gasteiger partial charge in [-0.3, -0.25) is 4.90 Å². The first-order chi connectivity index (χ1) is 4.74. The van der Waals surface area contributed by atoms with Gasteiger partial charge in [0.2, 0.25) is 0 Å². The van der Waals surface area contributed by atoms with Gasteiger partial charge in [-0.1, -0.05) is 6.92 Å². The van der Waals surface area contributed by atoms with E-state index >= 15 is 0 Å². The van der Waals surface area contributed by atoms with Gasteiger partial charge in [0, 0.05) is 18.5 Å². The van der Waals surface area contributed by atoms with E-state index in [2.05, 4.69) is 18.7 Å². The second-order valence-electron chi connectivity index (χ2n) is 3.39. The molecule has 0 radical (unpaired) electrons. The van der Waals surface area contributed by atoms with Crippen LogP contribution in [-0.4, -0.2) is 29.9 Å². The van der Waals surface area contributed by atoms with Gasteiger partial charge in [0.1, 0.15) is 0 Å². The number of rotatable bonds is 2. The standard InChI is InChI=1S/C8H16ClN/c1-7-3-4-10(6-7)8(2)5-9/h7-8H,3-6H2,1-2H3/t7-,8-/m1/s1. The highest BCUT2D eigenvalue weighted by atomic mass is 35.5. The molecule has 0 spiro atoms. The average Bonchev–Trinajstić information content (AvgIpc) is 2.34. The van der Waals surface area contributed by atoms with E-state index in [1.165, 1.54) is 19.5 Å². The molecule has 1 heterocycles. The Balaban J connectivity index is 2.29. The molecular weight excluding hydrogens is 146 g/mol. The molecule has 2 atom stereocenters. The van der Waals surface area contributed by atoms with E-state index in [4.69, 9.17) is 11.6 Å². The Hall–Kier alpha value is 0.250. The molecule has 0 aliphatic carbocycles. The summed E-state index contributed by atoms with van der Waals surface area (Å²) in [7, 11) is 0. The van der Waals surface area contributed by atoms with Crippen LogP contribution >= 0.6 is 11.6 Å². The maximum absolute atomic E-state index is 5.74. The Kier molecular flexibility index (Phi) is 2.99. The predicted octanol–water partition coefficient (Wildman–Crippen LogP) is 1.96. The van der Waals surface area contributed by atoms with Gasteiger partial charge in [-0.25, -0.2) is 0 Å². The molecule has 1 fully saturated rings. The van der Waals surface area contributed by atoms with Gasteiger partial charge < -0.3 is 0 Å². The predicted molar refractivity (Wildman–Crippen MR) is 45.5 cm³/mol. The zero-order valence-electron chi connectivity index (χ0n) is 6.81. The first-order valence-corrected chi connectivity index (χ1v) is 4.57. The van der Waals surface area contributed by atoms with Gasteiger partial charge in [0.15, 0.2) is 0 Å². The first-order valence-electron chi connectivity index (χ1n) is 4.04. The number of hydrogen-bond acceptors (Lipinski definition) is 1. The Morgan fingerprint density at radius 1 is 1.70 bits per heavy atom. The third-order valence-electron chi connectivity index (χ3n) is 2.30. The minimum atomic E-state index is 0.576. The first kappa shape index (κ1) is 8.35. The summed E-state index contributed by atoms with van der Waals surface area (Å²) in [6, 6.07) is 0.576. The number of nitrogens with zero attached hydrogens (tertiary/aromatic N) is 1. The summed E-state index contributed by atoms with van der Waals surface area (Å²) >= 11 is 5.74. The van der Waals surface area contributed by atoms with Crippen LogP contribution in [0.2, 0.25) is 0 Å². The van der Waals surface area contributed by atoms with Crippen LogP contribution in [-0.2, 0) is 0 Å². The fraction of sp³-hybridized carbons (Fsp3) is 1.00. The van der Waals surface area contributed by atoms with E-state index in [0.717, 1.165) is 11.8 Å². The van der Waals surface area contributed by atoms with Crippen molar-refractivity contribution in [1.29, 1.82) is 0 Å². The molecule has 0 unspecified atom stereocenters. The number of likely N-dealkylation sites (tertiary alicyclic amines) is 1. The quantitative estimate of drug-likeness (QED) is 0.560. The highest BCUT2D eigenvalue weighted by Gasteiger charge is 2.21. The molecule has 2 heteroatoms. The zero-order valence-corrected chi connectivity index (χ0v) is 7.56. The van der Waals surface area contributed by atoms with Gasteiger partial charge in [-0.15, -0.1) is 11.6 Å². The molecule has 0 bridgehead atoms. The van der Waals surface area contributed by atoms with Crippen molar-refractivity contribution < 1.29 is 0 Å². The van der Waals surface area contributed by atoms with Crippen molar-refractivity contribution in [3.05, 3.63) is 0 Å². The molecule has 60 valence electrons. The van der Waals surface area contributed by atoms with Crippen molar-refractivity contribution in [3.8, 4) is 0 Å². The van der Waals surface area contributed by atoms with Crippen LogP contribution in [0.1, 0.15) is 20.3 Å². The minimum absolute atomic E-state index is 0.576. The molecule has 0 aromatic rings.